The topological polar surface area (TPSA) is 39.1 Å². The summed E-state index contributed by atoms with van der Waals surface area (Å²) in [6, 6.07) is 3.72. The molecule has 0 spiro atoms. The van der Waals surface area contributed by atoms with Gasteiger partial charge in [0.2, 0.25) is 5.24 Å². The van der Waals surface area contributed by atoms with Gasteiger partial charge < -0.3 is 4.57 Å². The first-order valence-corrected chi connectivity index (χ1v) is 6.67. The van der Waals surface area contributed by atoms with Crippen LogP contribution < -0.4 is 5.56 Å². The van der Waals surface area contributed by atoms with Crippen LogP contribution in [0.2, 0.25) is 0 Å². The highest BCUT2D eigenvalue weighted by Crippen LogP contribution is 2.06. The number of nitrogens with zero attached hydrogens (tertiary/aromatic N) is 1. The number of carbonyl (C=O) groups is 1. The molecule has 1 heterocycles. The molecule has 1 aromatic heterocycles. The molecule has 4 heteroatoms. The van der Waals surface area contributed by atoms with Gasteiger partial charge in [-0.25, -0.2) is 0 Å². The Morgan fingerprint density at radius 3 is 2.61 bits per heavy atom. The molecule has 0 fully saturated rings. The first-order valence-electron chi connectivity index (χ1n) is 6.29. The van der Waals surface area contributed by atoms with Gasteiger partial charge in [-0.15, -0.1) is 0 Å². The smallest absolute Gasteiger partial charge is 0.253 e. The van der Waals surface area contributed by atoms with Gasteiger partial charge in [-0.1, -0.05) is 19.9 Å². The van der Waals surface area contributed by atoms with Crippen molar-refractivity contribution in [3.8, 4) is 0 Å². The Kier molecular flexibility index (Phi) is 5.60. The average Bonchev–Trinajstić information content (AvgIpc) is 2.27. The van der Waals surface area contributed by atoms with E-state index in [9.17, 15) is 9.59 Å². The highest BCUT2D eigenvalue weighted by molar-refractivity contribution is 6.63. The minimum atomic E-state index is -0.399. The van der Waals surface area contributed by atoms with E-state index in [2.05, 4.69) is 13.8 Å². The summed E-state index contributed by atoms with van der Waals surface area (Å²) in [6.45, 7) is 6.93. The lowest BCUT2D eigenvalue weighted by Gasteiger charge is -2.13. The van der Waals surface area contributed by atoms with Gasteiger partial charge in [-0.05, 0) is 43.4 Å². The van der Waals surface area contributed by atoms with Gasteiger partial charge in [0.25, 0.3) is 5.56 Å². The Hall–Kier alpha value is -1.09. The summed E-state index contributed by atoms with van der Waals surface area (Å²) in [5, 5.41) is -0.399. The van der Waals surface area contributed by atoms with Crippen molar-refractivity contribution < 1.29 is 4.79 Å². The van der Waals surface area contributed by atoms with Crippen molar-refractivity contribution in [2.45, 2.75) is 46.6 Å². The molecule has 0 unspecified atom stereocenters. The second kappa shape index (κ2) is 6.74. The van der Waals surface area contributed by atoms with Crippen LogP contribution >= 0.6 is 11.6 Å². The van der Waals surface area contributed by atoms with Crippen LogP contribution in [0.4, 0.5) is 0 Å². The van der Waals surface area contributed by atoms with Crippen LogP contribution in [-0.2, 0) is 17.8 Å². The predicted molar refractivity (Wildman–Crippen MR) is 74.1 cm³/mol. The number of hydrogen-bond acceptors (Lipinski definition) is 2. The van der Waals surface area contributed by atoms with Gasteiger partial charge in [0.15, 0.2) is 0 Å². The number of pyridine rings is 1. The van der Waals surface area contributed by atoms with Crippen LogP contribution in [0.15, 0.2) is 16.9 Å². The maximum atomic E-state index is 12.2. The van der Waals surface area contributed by atoms with Crippen molar-refractivity contribution in [3.63, 3.8) is 0 Å². The molecular formula is C14H20ClNO2. The molecule has 0 saturated heterocycles. The summed E-state index contributed by atoms with van der Waals surface area (Å²) in [7, 11) is 0. The summed E-state index contributed by atoms with van der Waals surface area (Å²) in [5.74, 6) is 0.560. The molecule has 0 aliphatic rings. The fraction of sp³-hybridized carbons (Fsp3) is 0.571. The minimum absolute atomic E-state index is 0.00793. The molecule has 0 bridgehead atoms. The normalized spacial score (nSPS) is 10.9. The van der Waals surface area contributed by atoms with Crippen molar-refractivity contribution in [2.24, 2.45) is 5.92 Å². The fourth-order valence-corrected chi connectivity index (χ4v) is 1.90. The van der Waals surface area contributed by atoms with E-state index in [1.54, 1.807) is 10.6 Å². The zero-order valence-electron chi connectivity index (χ0n) is 11.2. The van der Waals surface area contributed by atoms with Crippen LogP contribution in [0.3, 0.4) is 0 Å². The molecule has 0 radical (unpaired) electrons. The van der Waals surface area contributed by atoms with Crippen LogP contribution in [0.25, 0.3) is 0 Å². The molecular weight excluding hydrogens is 250 g/mol. The van der Waals surface area contributed by atoms with Crippen molar-refractivity contribution in [2.75, 3.05) is 0 Å². The number of aryl methyl sites for hydroxylation is 2. The molecule has 0 aliphatic carbocycles. The molecule has 100 valence electrons. The van der Waals surface area contributed by atoms with Crippen LogP contribution in [0.5, 0.6) is 0 Å². The maximum Gasteiger partial charge on any atom is 0.253 e. The third kappa shape index (κ3) is 4.30. The Morgan fingerprint density at radius 1 is 1.39 bits per heavy atom. The lowest BCUT2D eigenvalue weighted by Crippen LogP contribution is -2.26. The van der Waals surface area contributed by atoms with Crippen LogP contribution in [0, 0.1) is 12.8 Å². The van der Waals surface area contributed by atoms with E-state index in [-0.39, 0.29) is 12.0 Å². The third-order valence-corrected chi connectivity index (χ3v) is 3.18. The monoisotopic (exact) mass is 269 g/mol. The number of aromatic nitrogens is 1. The fourth-order valence-electron chi connectivity index (χ4n) is 1.80. The SMILES string of the molecule is Cc1ccc(CCC(=O)Cl)c(=O)n1CCC(C)C. The van der Waals surface area contributed by atoms with Gasteiger partial charge in [0.1, 0.15) is 0 Å². The highest BCUT2D eigenvalue weighted by Gasteiger charge is 2.08. The Labute approximate surface area is 113 Å². The molecule has 0 aliphatic heterocycles. The van der Waals surface area contributed by atoms with E-state index >= 15 is 0 Å². The van der Waals surface area contributed by atoms with Crippen molar-refractivity contribution in [1.82, 2.24) is 4.57 Å². The number of rotatable bonds is 6. The second-order valence-electron chi connectivity index (χ2n) is 4.99. The number of halogens is 1. The van der Waals surface area contributed by atoms with Gasteiger partial charge in [0, 0.05) is 24.2 Å². The second-order valence-corrected chi connectivity index (χ2v) is 5.42. The van der Waals surface area contributed by atoms with E-state index in [4.69, 9.17) is 11.6 Å². The lowest BCUT2D eigenvalue weighted by atomic mass is 10.1. The minimum Gasteiger partial charge on any atom is -0.313 e. The molecule has 3 nitrogen and oxygen atoms in total. The van der Waals surface area contributed by atoms with E-state index in [1.807, 2.05) is 13.0 Å². The highest BCUT2D eigenvalue weighted by atomic mass is 35.5. The first-order chi connectivity index (χ1) is 8.41. The molecule has 18 heavy (non-hydrogen) atoms. The molecule has 0 N–H and O–H groups in total. The Bertz CT molecular complexity index is 477. The zero-order chi connectivity index (χ0) is 13.7. The molecule has 0 atom stereocenters. The molecule has 0 amide bonds. The number of carbonyl (C=O) groups excluding carboxylic acids is 1. The van der Waals surface area contributed by atoms with Gasteiger partial charge in [-0.3, -0.25) is 9.59 Å². The molecule has 1 aromatic rings. The predicted octanol–water partition coefficient (Wildman–Crippen LogP) is 2.90. The standard InChI is InChI=1S/C14H20ClNO2/c1-10(2)8-9-16-11(3)4-5-12(14(16)18)6-7-13(15)17/h4-5,10H,6-9H2,1-3H3. The van der Waals surface area contributed by atoms with E-state index < -0.39 is 5.24 Å². The molecule has 0 saturated carbocycles. The van der Waals surface area contributed by atoms with Gasteiger partial charge >= 0.3 is 0 Å². The summed E-state index contributed by atoms with van der Waals surface area (Å²) in [4.78, 5) is 23.0. The Morgan fingerprint density at radius 2 is 2.06 bits per heavy atom. The summed E-state index contributed by atoms with van der Waals surface area (Å²) in [6.07, 6.45) is 1.60. The zero-order valence-corrected chi connectivity index (χ0v) is 12.0. The number of hydrogen-bond donors (Lipinski definition) is 0. The first kappa shape index (κ1) is 15.0. The van der Waals surface area contributed by atoms with E-state index in [1.165, 1.54) is 0 Å². The van der Waals surface area contributed by atoms with Crippen LogP contribution in [0.1, 0.15) is 37.9 Å². The lowest BCUT2D eigenvalue weighted by molar-refractivity contribution is -0.111. The molecule has 0 aromatic carbocycles. The largest absolute Gasteiger partial charge is 0.313 e. The quantitative estimate of drug-likeness (QED) is 0.745. The third-order valence-electron chi connectivity index (χ3n) is 2.99. The Balaban J connectivity index is 2.92. The van der Waals surface area contributed by atoms with Gasteiger partial charge in [0.05, 0.1) is 0 Å². The summed E-state index contributed by atoms with van der Waals surface area (Å²) < 4.78 is 1.79. The van der Waals surface area contributed by atoms with Gasteiger partial charge in [-0.2, -0.15) is 0 Å². The summed E-state index contributed by atoms with van der Waals surface area (Å²) in [5.41, 5.74) is 1.63. The van der Waals surface area contributed by atoms with Crippen molar-refractivity contribution in [3.05, 3.63) is 33.7 Å². The van der Waals surface area contributed by atoms with Crippen molar-refractivity contribution >= 4 is 16.8 Å². The molecule has 1 rings (SSSR count). The van der Waals surface area contributed by atoms with E-state index in [0.717, 1.165) is 18.7 Å². The van der Waals surface area contributed by atoms with Crippen molar-refractivity contribution in [1.29, 1.82) is 0 Å². The van der Waals surface area contributed by atoms with E-state index in [0.29, 0.717) is 17.9 Å². The average molecular weight is 270 g/mol. The summed E-state index contributed by atoms with van der Waals surface area (Å²) >= 11 is 5.31. The van der Waals surface area contributed by atoms with Crippen LogP contribution in [-0.4, -0.2) is 9.81 Å². The maximum absolute atomic E-state index is 12.2.